The van der Waals surface area contributed by atoms with Gasteiger partial charge in [0, 0.05) is 36.7 Å². The van der Waals surface area contributed by atoms with Crippen LogP contribution in [0.2, 0.25) is 5.02 Å². The quantitative estimate of drug-likeness (QED) is 0.167. The molecular formula is C32H38ClFN2O5. The number of ketones is 1. The number of rotatable bonds is 14. The summed E-state index contributed by atoms with van der Waals surface area (Å²) >= 11 is 6.08. The van der Waals surface area contributed by atoms with Gasteiger partial charge in [0.05, 0.1) is 36.2 Å². The zero-order valence-corrected chi connectivity index (χ0v) is 25.0. The molecule has 7 nitrogen and oxygen atoms in total. The fraction of sp³-hybridized carbons (Fsp3) is 0.438. The fourth-order valence-corrected chi connectivity index (χ4v) is 4.65. The van der Waals surface area contributed by atoms with E-state index in [9.17, 15) is 14.3 Å². The normalized spacial score (nSPS) is 14.9. The van der Waals surface area contributed by atoms with Gasteiger partial charge in [-0.15, -0.1) is 0 Å². The molecule has 2 N–H and O–H groups in total. The van der Waals surface area contributed by atoms with Crippen LogP contribution in [-0.2, 0) is 15.9 Å². The van der Waals surface area contributed by atoms with Crippen molar-refractivity contribution >= 4 is 17.4 Å². The predicted octanol–water partition coefficient (Wildman–Crippen LogP) is 6.43. The third kappa shape index (κ3) is 7.83. The number of Topliss-reactive ketones (excluding diaryl/α,β-unsaturated/α-hetero) is 1. The van der Waals surface area contributed by atoms with Crippen LogP contribution in [0.15, 0.2) is 48.5 Å². The van der Waals surface area contributed by atoms with Crippen molar-refractivity contribution in [2.75, 3.05) is 27.4 Å². The minimum atomic E-state index is -1.44. The Hall–Kier alpha value is -3.04. The van der Waals surface area contributed by atoms with E-state index >= 15 is 0 Å². The van der Waals surface area contributed by atoms with E-state index in [1.54, 1.807) is 45.4 Å². The number of carbonyl (C=O) groups excluding carboxylic acids is 1. The summed E-state index contributed by atoms with van der Waals surface area (Å²) in [5, 5.41) is 15.1. The number of hydrogen-bond donors (Lipinski definition) is 2. The second-order valence-electron chi connectivity index (χ2n) is 11.2. The number of hydrogen-bond acceptors (Lipinski definition) is 7. The lowest BCUT2D eigenvalue weighted by Gasteiger charge is -2.30. The first-order valence-electron chi connectivity index (χ1n) is 13.8. The van der Waals surface area contributed by atoms with E-state index in [4.69, 9.17) is 30.8 Å². The van der Waals surface area contributed by atoms with Gasteiger partial charge in [-0.1, -0.05) is 11.6 Å². The molecule has 2 aromatic carbocycles. The molecule has 1 aliphatic rings. The molecule has 1 fully saturated rings. The van der Waals surface area contributed by atoms with Crippen molar-refractivity contribution in [1.82, 2.24) is 10.3 Å². The maximum absolute atomic E-state index is 13.9. The Kier molecular flexibility index (Phi) is 9.70. The molecule has 41 heavy (non-hydrogen) atoms. The highest BCUT2D eigenvalue weighted by atomic mass is 35.5. The van der Waals surface area contributed by atoms with Crippen LogP contribution in [0, 0.1) is 5.82 Å². The highest BCUT2D eigenvalue weighted by molar-refractivity contribution is 6.31. The summed E-state index contributed by atoms with van der Waals surface area (Å²) in [7, 11) is 3.19. The number of ether oxygens (including phenoxy) is 3. The van der Waals surface area contributed by atoms with Crippen molar-refractivity contribution in [2.45, 2.75) is 63.7 Å². The summed E-state index contributed by atoms with van der Waals surface area (Å²) in [5.74, 6) is 0.469. The molecule has 0 bridgehead atoms. The monoisotopic (exact) mass is 584 g/mol. The van der Waals surface area contributed by atoms with Crippen LogP contribution in [0.4, 0.5) is 4.39 Å². The van der Waals surface area contributed by atoms with Crippen LogP contribution in [0.1, 0.15) is 68.1 Å². The molecule has 220 valence electrons. The standard InChI is InChI=1S/C32H38ClFN2O5/c1-31(2,35-14-15-39-4)22-18-26(20-6-10-25(34)24(33)16-20)36-30(19-22)32(3,38)13-12-27(37)21-7-11-28(29(17-21)40-5)41-23-8-9-23/h6-7,10-11,16-19,23,35,38H,8-9,12-15H2,1-5H3. The Morgan fingerprint density at radius 1 is 1.10 bits per heavy atom. The highest BCUT2D eigenvalue weighted by Crippen LogP contribution is 2.36. The second kappa shape index (κ2) is 12.9. The summed E-state index contributed by atoms with van der Waals surface area (Å²) < 4.78 is 30.4. The zero-order chi connectivity index (χ0) is 29.8. The lowest BCUT2D eigenvalue weighted by Crippen LogP contribution is -2.39. The smallest absolute Gasteiger partial charge is 0.163 e. The van der Waals surface area contributed by atoms with Gasteiger partial charge in [-0.05, 0) is 94.1 Å². The molecule has 1 heterocycles. The predicted molar refractivity (Wildman–Crippen MR) is 157 cm³/mol. The summed E-state index contributed by atoms with van der Waals surface area (Å²) in [6.45, 7) is 6.82. The lowest BCUT2D eigenvalue weighted by atomic mass is 9.87. The van der Waals surface area contributed by atoms with Crippen LogP contribution in [-0.4, -0.2) is 49.3 Å². The van der Waals surface area contributed by atoms with Gasteiger partial charge in [-0.3, -0.25) is 4.79 Å². The van der Waals surface area contributed by atoms with E-state index in [1.807, 2.05) is 26.0 Å². The zero-order valence-electron chi connectivity index (χ0n) is 24.2. The van der Waals surface area contributed by atoms with Gasteiger partial charge in [0.1, 0.15) is 11.4 Å². The molecule has 0 aliphatic heterocycles. The van der Waals surface area contributed by atoms with Crippen LogP contribution < -0.4 is 14.8 Å². The topological polar surface area (TPSA) is 89.9 Å². The third-order valence-corrected chi connectivity index (χ3v) is 7.62. The van der Waals surface area contributed by atoms with Gasteiger partial charge in [-0.25, -0.2) is 9.37 Å². The average molecular weight is 585 g/mol. The molecule has 0 radical (unpaired) electrons. The second-order valence-corrected chi connectivity index (χ2v) is 11.6. The largest absolute Gasteiger partial charge is 0.493 e. The van der Waals surface area contributed by atoms with Crippen molar-refractivity contribution in [2.24, 2.45) is 0 Å². The molecular weight excluding hydrogens is 547 g/mol. The summed E-state index contributed by atoms with van der Waals surface area (Å²) in [5.41, 5.74) is 0.922. The Morgan fingerprint density at radius 3 is 2.51 bits per heavy atom. The van der Waals surface area contributed by atoms with E-state index < -0.39 is 17.0 Å². The number of nitrogens with one attached hydrogen (secondary N) is 1. The molecule has 0 spiro atoms. The number of benzene rings is 2. The Balaban J connectivity index is 1.60. The SMILES string of the molecule is COCCNC(C)(C)c1cc(-c2ccc(F)c(Cl)c2)nc(C(C)(O)CCC(=O)c2ccc(OC3CC3)c(OC)c2)c1. The van der Waals surface area contributed by atoms with Crippen molar-refractivity contribution in [3.8, 4) is 22.8 Å². The van der Waals surface area contributed by atoms with Crippen LogP contribution in [0.3, 0.4) is 0 Å². The van der Waals surface area contributed by atoms with Crippen LogP contribution >= 0.6 is 11.6 Å². The van der Waals surface area contributed by atoms with E-state index in [2.05, 4.69) is 5.32 Å². The van der Waals surface area contributed by atoms with Gasteiger partial charge >= 0.3 is 0 Å². The summed E-state index contributed by atoms with van der Waals surface area (Å²) in [6.07, 6.45) is 2.46. The Bertz CT molecular complexity index is 1390. The molecule has 1 saturated carbocycles. The van der Waals surface area contributed by atoms with Gasteiger partial charge < -0.3 is 24.6 Å². The van der Waals surface area contributed by atoms with Crippen LogP contribution in [0.5, 0.6) is 11.5 Å². The number of carbonyl (C=O) groups is 1. The van der Waals surface area contributed by atoms with Gasteiger partial charge in [0.2, 0.25) is 0 Å². The number of aromatic nitrogens is 1. The van der Waals surface area contributed by atoms with Crippen molar-refractivity contribution in [3.63, 3.8) is 0 Å². The molecule has 1 atom stereocenters. The van der Waals surface area contributed by atoms with Crippen LogP contribution in [0.25, 0.3) is 11.3 Å². The van der Waals surface area contributed by atoms with Crippen molar-refractivity contribution in [3.05, 3.63) is 76.2 Å². The first kappa shape index (κ1) is 30.9. The maximum Gasteiger partial charge on any atom is 0.163 e. The first-order chi connectivity index (χ1) is 19.4. The van der Waals surface area contributed by atoms with E-state index in [-0.39, 0.29) is 29.8 Å². The molecule has 4 rings (SSSR count). The van der Waals surface area contributed by atoms with Gasteiger partial charge in [-0.2, -0.15) is 0 Å². The summed E-state index contributed by atoms with van der Waals surface area (Å²) in [4.78, 5) is 17.9. The molecule has 0 amide bonds. The number of pyridine rings is 1. The lowest BCUT2D eigenvalue weighted by molar-refractivity contribution is 0.0396. The number of aliphatic hydroxyl groups is 1. The van der Waals surface area contributed by atoms with E-state index in [0.29, 0.717) is 47.2 Å². The average Bonchev–Trinajstić information content (AvgIpc) is 3.77. The maximum atomic E-state index is 13.9. The molecule has 0 saturated heterocycles. The fourth-order valence-electron chi connectivity index (χ4n) is 4.47. The molecule has 1 unspecified atom stereocenters. The van der Waals surface area contributed by atoms with Crippen molar-refractivity contribution < 1.29 is 28.5 Å². The first-order valence-corrected chi connectivity index (χ1v) is 14.1. The molecule has 1 aromatic heterocycles. The number of halogens is 2. The van der Waals surface area contributed by atoms with E-state index in [0.717, 1.165) is 18.4 Å². The van der Waals surface area contributed by atoms with E-state index in [1.165, 1.54) is 12.1 Å². The Morgan fingerprint density at radius 2 is 1.85 bits per heavy atom. The van der Waals surface area contributed by atoms with Gasteiger partial charge in [0.15, 0.2) is 17.3 Å². The third-order valence-electron chi connectivity index (χ3n) is 7.33. The number of methoxy groups -OCH3 is 2. The van der Waals surface area contributed by atoms with Crippen molar-refractivity contribution in [1.29, 1.82) is 0 Å². The Labute approximate surface area is 246 Å². The van der Waals surface area contributed by atoms with Gasteiger partial charge in [0.25, 0.3) is 0 Å². The molecule has 9 heteroatoms. The summed E-state index contributed by atoms with van der Waals surface area (Å²) in [6, 6.07) is 13.3. The number of nitrogens with zero attached hydrogens (tertiary/aromatic N) is 1. The molecule has 1 aliphatic carbocycles. The minimum Gasteiger partial charge on any atom is -0.493 e. The molecule has 3 aromatic rings. The minimum absolute atomic E-state index is 0.0185. The highest BCUT2D eigenvalue weighted by Gasteiger charge is 2.30.